The Bertz CT molecular complexity index is 850. The van der Waals surface area contributed by atoms with E-state index in [0.29, 0.717) is 19.7 Å². The lowest BCUT2D eigenvalue weighted by Gasteiger charge is -2.35. The number of carbonyl (C=O) groups excluding carboxylic acids is 2. The summed E-state index contributed by atoms with van der Waals surface area (Å²) in [5.74, 6) is 0.866. The number of benzene rings is 2. The van der Waals surface area contributed by atoms with Crippen LogP contribution >= 0.6 is 0 Å². The number of amides is 1. The topological polar surface area (TPSA) is 49.9 Å². The van der Waals surface area contributed by atoms with Crippen molar-refractivity contribution in [1.82, 2.24) is 4.90 Å². The third-order valence-corrected chi connectivity index (χ3v) is 4.85. The lowest BCUT2D eigenvalue weighted by atomic mass is 10.1. The fraction of sp³-hybridized carbons (Fsp3) is 0.304. The van der Waals surface area contributed by atoms with Gasteiger partial charge in [0, 0.05) is 49.1 Å². The zero-order valence-electron chi connectivity index (χ0n) is 16.4. The van der Waals surface area contributed by atoms with Crippen molar-refractivity contribution in [3.63, 3.8) is 0 Å². The van der Waals surface area contributed by atoms with Crippen molar-refractivity contribution in [2.45, 2.75) is 13.8 Å². The van der Waals surface area contributed by atoms with E-state index in [-0.39, 0.29) is 11.7 Å². The number of anilines is 1. The van der Waals surface area contributed by atoms with Gasteiger partial charge in [0.15, 0.2) is 5.78 Å². The third-order valence-electron chi connectivity index (χ3n) is 4.85. The first-order valence-electron chi connectivity index (χ1n) is 9.63. The lowest BCUT2D eigenvalue weighted by Crippen LogP contribution is -2.48. The Labute approximate surface area is 166 Å². The van der Waals surface area contributed by atoms with Crippen molar-refractivity contribution in [3.05, 3.63) is 65.7 Å². The molecule has 5 heteroatoms. The number of para-hydroxylation sites is 1. The van der Waals surface area contributed by atoms with Gasteiger partial charge in [-0.3, -0.25) is 9.59 Å². The van der Waals surface area contributed by atoms with Crippen molar-refractivity contribution < 1.29 is 14.3 Å². The van der Waals surface area contributed by atoms with Crippen LogP contribution in [0.4, 0.5) is 5.69 Å². The number of ketones is 1. The Morgan fingerprint density at radius 1 is 1.00 bits per heavy atom. The molecular formula is C23H26N2O3. The molecular weight excluding hydrogens is 352 g/mol. The van der Waals surface area contributed by atoms with Gasteiger partial charge in [-0.15, -0.1) is 0 Å². The van der Waals surface area contributed by atoms with E-state index in [1.165, 1.54) is 0 Å². The van der Waals surface area contributed by atoms with Crippen LogP contribution in [0.3, 0.4) is 0 Å². The molecule has 28 heavy (non-hydrogen) atoms. The second-order valence-corrected chi connectivity index (χ2v) is 6.72. The maximum atomic E-state index is 12.5. The highest BCUT2D eigenvalue weighted by molar-refractivity contribution is 5.94. The molecule has 1 amide bonds. The number of ether oxygens (including phenoxy) is 1. The maximum Gasteiger partial charge on any atom is 0.246 e. The first kappa shape index (κ1) is 19.7. The molecule has 5 nitrogen and oxygen atoms in total. The van der Waals surface area contributed by atoms with Gasteiger partial charge in [-0.05, 0) is 50.3 Å². The Kier molecular flexibility index (Phi) is 6.48. The summed E-state index contributed by atoms with van der Waals surface area (Å²) in [7, 11) is 0. The van der Waals surface area contributed by atoms with Gasteiger partial charge in [0.05, 0.1) is 6.61 Å². The average Bonchev–Trinajstić information content (AvgIpc) is 2.73. The molecule has 1 fully saturated rings. The van der Waals surface area contributed by atoms with Crippen LogP contribution in [-0.2, 0) is 4.79 Å². The molecule has 0 unspecified atom stereocenters. The molecule has 0 N–H and O–H groups in total. The fourth-order valence-corrected chi connectivity index (χ4v) is 3.26. The Morgan fingerprint density at radius 3 is 2.32 bits per heavy atom. The molecule has 0 aromatic heterocycles. The van der Waals surface area contributed by atoms with E-state index in [9.17, 15) is 9.59 Å². The molecule has 0 bridgehead atoms. The van der Waals surface area contributed by atoms with Gasteiger partial charge in [-0.2, -0.15) is 0 Å². The van der Waals surface area contributed by atoms with Crippen LogP contribution < -0.4 is 9.64 Å². The molecule has 0 saturated carbocycles. The minimum atomic E-state index is 0.0119. The molecule has 146 valence electrons. The quantitative estimate of drug-likeness (QED) is 0.569. The van der Waals surface area contributed by atoms with Crippen LogP contribution in [0.25, 0.3) is 6.08 Å². The Balaban J connectivity index is 1.57. The second kappa shape index (κ2) is 9.22. The summed E-state index contributed by atoms with van der Waals surface area (Å²) in [6.07, 6.45) is 3.44. The van der Waals surface area contributed by atoms with Crippen molar-refractivity contribution in [1.29, 1.82) is 0 Å². The lowest BCUT2D eigenvalue weighted by molar-refractivity contribution is -0.126. The van der Waals surface area contributed by atoms with E-state index in [1.807, 2.05) is 66.4 Å². The summed E-state index contributed by atoms with van der Waals surface area (Å²) >= 11 is 0. The predicted molar refractivity (Wildman–Crippen MR) is 112 cm³/mol. The molecule has 1 aliphatic rings. The van der Waals surface area contributed by atoms with Gasteiger partial charge >= 0.3 is 0 Å². The van der Waals surface area contributed by atoms with Crippen molar-refractivity contribution >= 4 is 23.5 Å². The number of nitrogens with zero attached hydrogens (tertiary/aromatic N) is 2. The number of rotatable bonds is 6. The molecule has 2 aromatic rings. The standard InChI is InChI=1S/C23H26N2O3/c1-3-28-22-7-5-4-6-20(22)10-13-23(27)25-16-14-24(15-17-25)21-11-8-19(9-12-21)18(2)26/h4-13H,3,14-17H2,1-2H3/b13-10+. The summed E-state index contributed by atoms with van der Waals surface area (Å²) in [4.78, 5) is 28.0. The van der Waals surface area contributed by atoms with E-state index in [0.717, 1.165) is 35.7 Å². The number of Topliss-reactive ketones (excluding diaryl/α,β-unsaturated/α-hetero) is 1. The number of piperazine rings is 1. The van der Waals surface area contributed by atoms with Crippen LogP contribution in [0.5, 0.6) is 5.75 Å². The van der Waals surface area contributed by atoms with Gasteiger partial charge in [-0.1, -0.05) is 18.2 Å². The van der Waals surface area contributed by atoms with E-state index in [2.05, 4.69) is 4.90 Å². The summed E-state index contributed by atoms with van der Waals surface area (Å²) in [6, 6.07) is 15.4. The van der Waals surface area contributed by atoms with Gasteiger partial charge in [0.25, 0.3) is 0 Å². The highest BCUT2D eigenvalue weighted by atomic mass is 16.5. The summed E-state index contributed by atoms with van der Waals surface area (Å²) < 4.78 is 5.60. The summed E-state index contributed by atoms with van der Waals surface area (Å²) in [5, 5.41) is 0. The normalized spacial score (nSPS) is 14.4. The van der Waals surface area contributed by atoms with Crippen LogP contribution in [0.1, 0.15) is 29.8 Å². The molecule has 2 aromatic carbocycles. The van der Waals surface area contributed by atoms with Gasteiger partial charge in [-0.25, -0.2) is 0 Å². The van der Waals surface area contributed by atoms with Crippen molar-refractivity contribution in [2.75, 3.05) is 37.7 Å². The molecule has 1 saturated heterocycles. The largest absolute Gasteiger partial charge is 0.493 e. The first-order valence-corrected chi connectivity index (χ1v) is 9.63. The predicted octanol–water partition coefficient (Wildman–Crippen LogP) is 3.65. The van der Waals surface area contributed by atoms with E-state index in [1.54, 1.807) is 13.0 Å². The third kappa shape index (κ3) is 4.80. The Morgan fingerprint density at radius 2 is 1.68 bits per heavy atom. The highest BCUT2D eigenvalue weighted by Gasteiger charge is 2.20. The second-order valence-electron chi connectivity index (χ2n) is 6.72. The van der Waals surface area contributed by atoms with E-state index >= 15 is 0 Å². The smallest absolute Gasteiger partial charge is 0.246 e. The summed E-state index contributed by atoms with van der Waals surface area (Å²) in [6.45, 7) is 6.99. The van der Waals surface area contributed by atoms with E-state index in [4.69, 9.17) is 4.74 Å². The zero-order valence-corrected chi connectivity index (χ0v) is 16.4. The van der Waals surface area contributed by atoms with E-state index < -0.39 is 0 Å². The number of hydrogen-bond acceptors (Lipinski definition) is 4. The van der Waals surface area contributed by atoms with Gasteiger partial charge < -0.3 is 14.5 Å². The van der Waals surface area contributed by atoms with Gasteiger partial charge in [0.1, 0.15) is 5.75 Å². The molecule has 0 atom stereocenters. The minimum absolute atomic E-state index is 0.0119. The van der Waals surface area contributed by atoms with Crippen molar-refractivity contribution in [3.8, 4) is 5.75 Å². The SMILES string of the molecule is CCOc1ccccc1/C=C/C(=O)N1CCN(c2ccc(C(C)=O)cc2)CC1. The molecule has 0 radical (unpaired) electrons. The first-order chi connectivity index (χ1) is 13.6. The average molecular weight is 378 g/mol. The van der Waals surface area contributed by atoms with Crippen LogP contribution in [0.2, 0.25) is 0 Å². The molecule has 0 aliphatic carbocycles. The van der Waals surface area contributed by atoms with Crippen LogP contribution in [0, 0.1) is 0 Å². The number of hydrogen-bond donors (Lipinski definition) is 0. The maximum absolute atomic E-state index is 12.5. The highest BCUT2D eigenvalue weighted by Crippen LogP contribution is 2.20. The molecule has 1 heterocycles. The fourth-order valence-electron chi connectivity index (χ4n) is 3.26. The Hall–Kier alpha value is -3.08. The number of carbonyl (C=O) groups is 2. The zero-order chi connectivity index (χ0) is 19.9. The van der Waals surface area contributed by atoms with Crippen molar-refractivity contribution in [2.24, 2.45) is 0 Å². The molecule has 1 aliphatic heterocycles. The minimum Gasteiger partial charge on any atom is -0.493 e. The van der Waals surface area contributed by atoms with Crippen LogP contribution in [0.15, 0.2) is 54.6 Å². The van der Waals surface area contributed by atoms with Crippen LogP contribution in [-0.4, -0.2) is 49.4 Å². The monoisotopic (exact) mass is 378 g/mol. The molecule has 0 spiro atoms. The summed E-state index contributed by atoms with van der Waals surface area (Å²) in [5.41, 5.74) is 2.70. The van der Waals surface area contributed by atoms with Gasteiger partial charge in [0.2, 0.25) is 5.91 Å². The molecule has 3 rings (SSSR count).